The van der Waals surface area contributed by atoms with Gasteiger partial charge in [-0.1, -0.05) is 12.1 Å². The monoisotopic (exact) mass is 471 g/mol. The molecule has 1 N–H and O–H groups in total. The SMILES string of the molecule is CCCn1nnc2cc(S(=O)(=O)N3CCC(C(=O)Nc4ccc(OCC)cc4)CC3)ccc21. The van der Waals surface area contributed by atoms with E-state index in [0.29, 0.717) is 43.7 Å². The summed E-state index contributed by atoms with van der Waals surface area (Å²) in [5.74, 6) is 0.421. The van der Waals surface area contributed by atoms with E-state index in [1.54, 1.807) is 35.0 Å². The van der Waals surface area contributed by atoms with Gasteiger partial charge in [-0.25, -0.2) is 13.1 Å². The number of amides is 1. The van der Waals surface area contributed by atoms with Gasteiger partial charge in [0.05, 0.1) is 17.0 Å². The van der Waals surface area contributed by atoms with Gasteiger partial charge in [0, 0.05) is 31.2 Å². The van der Waals surface area contributed by atoms with Crippen LogP contribution in [0.15, 0.2) is 47.4 Å². The molecule has 2 aromatic carbocycles. The van der Waals surface area contributed by atoms with Crippen molar-refractivity contribution in [3.8, 4) is 5.75 Å². The van der Waals surface area contributed by atoms with Crippen molar-refractivity contribution >= 4 is 32.7 Å². The minimum absolute atomic E-state index is 0.0924. The molecule has 0 bridgehead atoms. The summed E-state index contributed by atoms with van der Waals surface area (Å²) in [7, 11) is -3.66. The van der Waals surface area contributed by atoms with Crippen LogP contribution in [0.2, 0.25) is 0 Å². The molecule has 10 heteroatoms. The molecule has 33 heavy (non-hydrogen) atoms. The van der Waals surface area contributed by atoms with Gasteiger partial charge in [-0.05, 0) is 68.7 Å². The third-order valence-electron chi connectivity index (χ3n) is 5.82. The summed E-state index contributed by atoms with van der Waals surface area (Å²) in [5.41, 5.74) is 2.08. The van der Waals surface area contributed by atoms with Crippen molar-refractivity contribution in [1.29, 1.82) is 0 Å². The van der Waals surface area contributed by atoms with Crippen molar-refractivity contribution < 1.29 is 17.9 Å². The zero-order valence-electron chi connectivity index (χ0n) is 18.9. The number of ether oxygens (including phenoxy) is 1. The summed E-state index contributed by atoms with van der Waals surface area (Å²) in [5, 5.41) is 11.1. The van der Waals surface area contributed by atoms with E-state index >= 15 is 0 Å². The molecule has 1 amide bonds. The summed E-state index contributed by atoms with van der Waals surface area (Å²) in [6, 6.07) is 12.2. The van der Waals surface area contributed by atoms with Crippen LogP contribution in [0.3, 0.4) is 0 Å². The molecule has 0 radical (unpaired) electrons. The number of carbonyl (C=O) groups is 1. The zero-order valence-corrected chi connectivity index (χ0v) is 19.7. The summed E-state index contributed by atoms with van der Waals surface area (Å²) in [4.78, 5) is 12.9. The number of benzene rings is 2. The van der Waals surface area contributed by atoms with Gasteiger partial charge in [0.1, 0.15) is 11.3 Å². The molecule has 1 aliphatic heterocycles. The molecule has 3 aromatic rings. The zero-order chi connectivity index (χ0) is 23.4. The Labute approximate surface area is 193 Å². The molecule has 0 saturated carbocycles. The predicted molar refractivity (Wildman–Crippen MR) is 126 cm³/mol. The van der Waals surface area contributed by atoms with E-state index in [0.717, 1.165) is 24.2 Å². The number of sulfonamides is 1. The minimum Gasteiger partial charge on any atom is -0.494 e. The van der Waals surface area contributed by atoms with E-state index < -0.39 is 10.0 Å². The van der Waals surface area contributed by atoms with Gasteiger partial charge < -0.3 is 10.1 Å². The number of rotatable bonds is 8. The standard InChI is InChI=1S/C23H29N5O4S/c1-3-13-28-22-10-9-20(16-21(22)25-26-28)33(30,31)27-14-11-17(12-15-27)23(29)24-18-5-7-19(8-6-18)32-4-2/h5-10,16-17H,3-4,11-15H2,1-2H3,(H,24,29). The molecule has 1 saturated heterocycles. The average Bonchev–Trinajstić information content (AvgIpc) is 3.23. The first kappa shape index (κ1) is 23.2. The molecule has 4 rings (SSSR count). The Hall–Kier alpha value is -2.98. The van der Waals surface area contributed by atoms with Crippen molar-refractivity contribution in [2.45, 2.75) is 44.6 Å². The van der Waals surface area contributed by atoms with Gasteiger partial charge >= 0.3 is 0 Å². The fourth-order valence-electron chi connectivity index (χ4n) is 4.04. The lowest BCUT2D eigenvalue weighted by Crippen LogP contribution is -2.41. The molecule has 1 aromatic heterocycles. The van der Waals surface area contributed by atoms with Crippen LogP contribution >= 0.6 is 0 Å². The van der Waals surface area contributed by atoms with Crippen molar-refractivity contribution in [3.63, 3.8) is 0 Å². The van der Waals surface area contributed by atoms with Gasteiger partial charge in [0.25, 0.3) is 0 Å². The van der Waals surface area contributed by atoms with Crippen LogP contribution in [-0.4, -0.2) is 53.3 Å². The van der Waals surface area contributed by atoms with E-state index in [2.05, 4.69) is 15.6 Å². The van der Waals surface area contributed by atoms with Crippen molar-refractivity contribution in [2.24, 2.45) is 5.92 Å². The summed E-state index contributed by atoms with van der Waals surface area (Å²) in [6.07, 6.45) is 1.85. The quantitative estimate of drug-likeness (QED) is 0.540. The highest BCUT2D eigenvalue weighted by Gasteiger charge is 2.32. The molecule has 176 valence electrons. The van der Waals surface area contributed by atoms with E-state index in [9.17, 15) is 13.2 Å². The third kappa shape index (κ3) is 5.01. The Morgan fingerprint density at radius 3 is 2.52 bits per heavy atom. The number of fused-ring (bicyclic) bond motifs is 1. The Morgan fingerprint density at radius 1 is 1.12 bits per heavy atom. The van der Waals surface area contributed by atoms with Crippen LogP contribution in [0.25, 0.3) is 11.0 Å². The fourth-order valence-corrected chi connectivity index (χ4v) is 5.53. The first-order valence-corrected chi connectivity index (χ1v) is 12.7. The van der Waals surface area contributed by atoms with Crippen LogP contribution in [0.1, 0.15) is 33.1 Å². The molecule has 2 heterocycles. The van der Waals surface area contributed by atoms with Gasteiger partial charge in [-0.2, -0.15) is 4.31 Å². The number of piperidine rings is 1. The number of hydrogen-bond donors (Lipinski definition) is 1. The van der Waals surface area contributed by atoms with E-state index in [1.165, 1.54) is 4.31 Å². The normalized spacial score (nSPS) is 15.6. The highest BCUT2D eigenvalue weighted by molar-refractivity contribution is 7.89. The maximum Gasteiger partial charge on any atom is 0.243 e. The second-order valence-electron chi connectivity index (χ2n) is 8.09. The largest absolute Gasteiger partial charge is 0.494 e. The predicted octanol–water partition coefficient (Wildman–Crippen LogP) is 3.28. The van der Waals surface area contributed by atoms with Crippen molar-refractivity contribution in [1.82, 2.24) is 19.3 Å². The first-order valence-electron chi connectivity index (χ1n) is 11.3. The second kappa shape index (κ2) is 9.88. The molecule has 0 unspecified atom stereocenters. The van der Waals surface area contributed by atoms with Crippen LogP contribution in [-0.2, 0) is 21.4 Å². The fraction of sp³-hybridized carbons (Fsp3) is 0.435. The molecular formula is C23H29N5O4S. The lowest BCUT2D eigenvalue weighted by Gasteiger charge is -2.30. The number of aromatic nitrogens is 3. The van der Waals surface area contributed by atoms with Gasteiger partial charge in [0.2, 0.25) is 15.9 Å². The summed E-state index contributed by atoms with van der Waals surface area (Å²) in [6.45, 7) is 5.87. The van der Waals surface area contributed by atoms with Crippen LogP contribution in [0.4, 0.5) is 5.69 Å². The van der Waals surface area contributed by atoms with Crippen molar-refractivity contribution in [3.05, 3.63) is 42.5 Å². The average molecular weight is 472 g/mol. The highest BCUT2D eigenvalue weighted by atomic mass is 32.2. The van der Waals surface area contributed by atoms with Crippen LogP contribution < -0.4 is 10.1 Å². The number of nitrogens with one attached hydrogen (secondary N) is 1. The molecule has 0 aliphatic carbocycles. The van der Waals surface area contributed by atoms with Gasteiger partial charge in [0.15, 0.2) is 0 Å². The van der Waals surface area contributed by atoms with Crippen LogP contribution in [0, 0.1) is 5.92 Å². The van der Waals surface area contributed by atoms with Gasteiger partial charge in [-0.3, -0.25) is 4.79 Å². The van der Waals surface area contributed by atoms with E-state index in [-0.39, 0.29) is 16.7 Å². The number of nitrogens with zero attached hydrogens (tertiary/aromatic N) is 4. The lowest BCUT2D eigenvalue weighted by atomic mass is 9.97. The smallest absolute Gasteiger partial charge is 0.243 e. The maximum atomic E-state index is 13.2. The van der Waals surface area contributed by atoms with Crippen LogP contribution in [0.5, 0.6) is 5.75 Å². The summed E-state index contributed by atoms with van der Waals surface area (Å²) < 4.78 is 35.0. The number of carbonyl (C=O) groups excluding carboxylic acids is 1. The lowest BCUT2D eigenvalue weighted by molar-refractivity contribution is -0.120. The number of aryl methyl sites for hydroxylation is 1. The summed E-state index contributed by atoms with van der Waals surface area (Å²) >= 11 is 0. The van der Waals surface area contributed by atoms with E-state index in [4.69, 9.17) is 4.74 Å². The first-order chi connectivity index (χ1) is 15.9. The molecule has 9 nitrogen and oxygen atoms in total. The molecule has 0 spiro atoms. The molecular weight excluding hydrogens is 442 g/mol. The minimum atomic E-state index is -3.66. The van der Waals surface area contributed by atoms with Gasteiger partial charge in [-0.15, -0.1) is 5.10 Å². The second-order valence-corrected chi connectivity index (χ2v) is 10.0. The number of anilines is 1. The molecule has 0 atom stereocenters. The highest BCUT2D eigenvalue weighted by Crippen LogP contribution is 2.27. The molecule has 1 fully saturated rings. The Balaban J connectivity index is 1.38. The third-order valence-corrected chi connectivity index (χ3v) is 7.71. The maximum absolute atomic E-state index is 13.2. The molecule has 1 aliphatic rings. The van der Waals surface area contributed by atoms with Crippen molar-refractivity contribution in [2.75, 3.05) is 25.0 Å². The Kier molecular flexibility index (Phi) is 6.94. The topological polar surface area (TPSA) is 106 Å². The Morgan fingerprint density at radius 2 is 1.85 bits per heavy atom. The number of hydrogen-bond acceptors (Lipinski definition) is 6. The van der Waals surface area contributed by atoms with E-state index in [1.807, 2.05) is 26.0 Å². The Bertz CT molecular complexity index is 1220.